The molecule has 0 bridgehead atoms. The molecular weight excluding hydrogens is 238 g/mol. The largest absolute Gasteiger partial charge is 0.496 e. The molecule has 1 aliphatic rings. The number of methoxy groups -OCH3 is 1. The molecule has 1 unspecified atom stereocenters. The van der Waals surface area contributed by atoms with Crippen LogP contribution in [0.5, 0.6) is 5.75 Å². The first kappa shape index (κ1) is 14.4. The molecule has 0 spiro atoms. The van der Waals surface area contributed by atoms with E-state index in [-0.39, 0.29) is 5.54 Å². The number of benzene rings is 1. The first-order valence-corrected chi connectivity index (χ1v) is 7.04. The number of aliphatic hydroxyl groups is 1. The number of rotatable bonds is 4. The van der Waals surface area contributed by atoms with E-state index in [9.17, 15) is 5.11 Å². The summed E-state index contributed by atoms with van der Waals surface area (Å²) < 4.78 is 5.40. The Labute approximate surface area is 116 Å². The summed E-state index contributed by atoms with van der Waals surface area (Å²) in [5, 5.41) is 10.8. The van der Waals surface area contributed by atoms with Crippen molar-refractivity contribution in [3.63, 3.8) is 0 Å². The third-order valence-corrected chi connectivity index (χ3v) is 4.27. The van der Waals surface area contributed by atoms with Crippen molar-refractivity contribution in [2.75, 3.05) is 20.2 Å². The van der Waals surface area contributed by atoms with E-state index in [2.05, 4.69) is 18.7 Å². The maximum atomic E-state index is 10.8. The van der Waals surface area contributed by atoms with E-state index in [4.69, 9.17) is 4.74 Å². The van der Waals surface area contributed by atoms with Crippen LogP contribution < -0.4 is 4.74 Å². The summed E-state index contributed by atoms with van der Waals surface area (Å²) in [6.07, 6.45) is 1.91. The minimum absolute atomic E-state index is 0.266. The lowest BCUT2D eigenvalue weighted by Crippen LogP contribution is -2.46. The smallest absolute Gasteiger partial charge is 0.124 e. The standard InChI is InChI=1S/C16H25NO2/c1-12-7-8-14(19-4)13(11-12)15(18)16(2,3)17-9-5-6-10-17/h7-8,11,15,18H,5-6,9-10H2,1-4H3. The Morgan fingerprint density at radius 2 is 1.89 bits per heavy atom. The number of hydrogen-bond acceptors (Lipinski definition) is 3. The van der Waals surface area contributed by atoms with Gasteiger partial charge in [0.25, 0.3) is 0 Å². The summed E-state index contributed by atoms with van der Waals surface area (Å²) in [6.45, 7) is 8.41. The van der Waals surface area contributed by atoms with E-state index in [0.717, 1.165) is 30.0 Å². The van der Waals surface area contributed by atoms with Crippen LogP contribution in [0, 0.1) is 6.92 Å². The SMILES string of the molecule is COc1ccc(C)cc1C(O)C(C)(C)N1CCCC1. The molecular formula is C16H25NO2. The number of likely N-dealkylation sites (tertiary alicyclic amines) is 1. The van der Waals surface area contributed by atoms with Gasteiger partial charge in [0, 0.05) is 11.1 Å². The first-order chi connectivity index (χ1) is 8.96. The maximum absolute atomic E-state index is 10.8. The molecule has 1 saturated heterocycles. The molecule has 0 saturated carbocycles. The van der Waals surface area contributed by atoms with Crippen LogP contribution in [0.1, 0.15) is 43.9 Å². The van der Waals surface area contributed by atoms with E-state index < -0.39 is 6.10 Å². The molecule has 1 fully saturated rings. The van der Waals surface area contributed by atoms with Gasteiger partial charge in [0.2, 0.25) is 0 Å². The van der Waals surface area contributed by atoms with Gasteiger partial charge in [-0.05, 0) is 58.8 Å². The van der Waals surface area contributed by atoms with Crippen LogP contribution in [0.3, 0.4) is 0 Å². The van der Waals surface area contributed by atoms with Gasteiger partial charge < -0.3 is 9.84 Å². The molecule has 1 aromatic rings. The van der Waals surface area contributed by atoms with E-state index in [0.29, 0.717) is 0 Å². The van der Waals surface area contributed by atoms with Crippen molar-refractivity contribution >= 4 is 0 Å². The number of aryl methyl sites for hydroxylation is 1. The minimum Gasteiger partial charge on any atom is -0.496 e. The Kier molecular flexibility index (Phi) is 4.16. The second-order valence-electron chi connectivity index (χ2n) is 6.00. The Bertz CT molecular complexity index is 436. The lowest BCUT2D eigenvalue weighted by Gasteiger charge is -2.40. The summed E-state index contributed by atoms with van der Waals surface area (Å²) >= 11 is 0. The van der Waals surface area contributed by atoms with Crippen LogP contribution in [-0.2, 0) is 0 Å². The average molecular weight is 263 g/mol. The van der Waals surface area contributed by atoms with E-state index in [1.54, 1.807) is 7.11 Å². The van der Waals surface area contributed by atoms with Crippen molar-refractivity contribution in [2.45, 2.75) is 45.3 Å². The average Bonchev–Trinajstić information content (AvgIpc) is 2.92. The third kappa shape index (κ3) is 2.77. The third-order valence-electron chi connectivity index (χ3n) is 4.27. The normalized spacial score (nSPS) is 18.6. The molecule has 0 radical (unpaired) electrons. The summed E-state index contributed by atoms with van der Waals surface area (Å²) in [7, 11) is 1.66. The molecule has 1 aromatic carbocycles. The molecule has 3 heteroatoms. The van der Waals surface area contributed by atoms with Gasteiger partial charge in [0.05, 0.1) is 7.11 Å². The quantitative estimate of drug-likeness (QED) is 0.906. The van der Waals surface area contributed by atoms with Crippen molar-refractivity contribution < 1.29 is 9.84 Å². The Balaban J connectivity index is 2.31. The highest BCUT2D eigenvalue weighted by Gasteiger charge is 2.37. The zero-order chi connectivity index (χ0) is 14.0. The second kappa shape index (κ2) is 5.51. The molecule has 19 heavy (non-hydrogen) atoms. The van der Waals surface area contributed by atoms with Gasteiger partial charge >= 0.3 is 0 Å². The van der Waals surface area contributed by atoms with Crippen LogP contribution in [-0.4, -0.2) is 35.7 Å². The maximum Gasteiger partial charge on any atom is 0.124 e. The molecule has 1 atom stereocenters. The fraction of sp³-hybridized carbons (Fsp3) is 0.625. The Hall–Kier alpha value is -1.06. The summed E-state index contributed by atoms with van der Waals surface area (Å²) in [5.41, 5.74) is 1.77. The summed E-state index contributed by atoms with van der Waals surface area (Å²) in [5.74, 6) is 0.769. The molecule has 0 aliphatic carbocycles. The van der Waals surface area contributed by atoms with Gasteiger partial charge in [-0.25, -0.2) is 0 Å². The molecule has 1 N–H and O–H groups in total. The van der Waals surface area contributed by atoms with Gasteiger partial charge in [-0.2, -0.15) is 0 Å². The van der Waals surface area contributed by atoms with Crippen LogP contribution in [0.15, 0.2) is 18.2 Å². The second-order valence-corrected chi connectivity index (χ2v) is 6.00. The van der Waals surface area contributed by atoms with E-state index in [1.165, 1.54) is 12.8 Å². The minimum atomic E-state index is -0.541. The van der Waals surface area contributed by atoms with Gasteiger partial charge in [-0.1, -0.05) is 11.6 Å². The predicted octanol–water partition coefficient (Wildman–Crippen LogP) is 2.91. The number of hydrogen-bond donors (Lipinski definition) is 1. The Morgan fingerprint density at radius 1 is 1.26 bits per heavy atom. The van der Waals surface area contributed by atoms with Crippen molar-refractivity contribution in [1.82, 2.24) is 4.90 Å². The fourth-order valence-electron chi connectivity index (χ4n) is 2.91. The highest BCUT2D eigenvalue weighted by atomic mass is 16.5. The number of ether oxygens (including phenoxy) is 1. The lowest BCUT2D eigenvalue weighted by atomic mass is 9.88. The van der Waals surface area contributed by atoms with Gasteiger partial charge in [-0.3, -0.25) is 4.90 Å². The summed E-state index contributed by atoms with van der Waals surface area (Å²) in [4.78, 5) is 2.37. The molecule has 1 heterocycles. The van der Waals surface area contributed by atoms with Crippen LogP contribution in [0.4, 0.5) is 0 Å². The number of aliphatic hydroxyl groups excluding tert-OH is 1. The zero-order valence-electron chi connectivity index (χ0n) is 12.4. The van der Waals surface area contributed by atoms with Gasteiger partial charge in [0.15, 0.2) is 0 Å². The van der Waals surface area contributed by atoms with Gasteiger partial charge in [0.1, 0.15) is 11.9 Å². The van der Waals surface area contributed by atoms with Crippen LogP contribution >= 0.6 is 0 Å². The topological polar surface area (TPSA) is 32.7 Å². The van der Waals surface area contributed by atoms with Gasteiger partial charge in [-0.15, -0.1) is 0 Å². The van der Waals surface area contributed by atoms with Crippen molar-refractivity contribution in [3.8, 4) is 5.75 Å². The number of nitrogens with zero attached hydrogens (tertiary/aromatic N) is 1. The molecule has 106 valence electrons. The molecule has 0 amide bonds. The van der Waals surface area contributed by atoms with Crippen molar-refractivity contribution in [2.24, 2.45) is 0 Å². The van der Waals surface area contributed by atoms with Crippen LogP contribution in [0.2, 0.25) is 0 Å². The monoisotopic (exact) mass is 263 g/mol. The molecule has 0 aromatic heterocycles. The fourth-order valence-corrected chi connectivity index (χ4v) is 2.91. The van der Waals surface area contributed by atoms with Crippen LogP contribution in [0.25, 0.3) is 0 Å². The lowest BCUT2D eigenvalue weighted by molar-refractivity contribution is 0.0000466. The molecule has 1 aliphatic heterocycles. The first-order valence-electron chi connectivity index (χ1n) is 7.04. The van der Waals surface area contributed by atoms with E-state index in [1.807, 2.05) is 25.1 Å². The highest BCUT2D eigenvalue weighted by molar-refractivity contribution is 5.39. The molecule has 3 nitrogen and oxygen atoms in total. The Morgan fingerprint density at radius 3 is 2.47 bits per heavy atom. The highest BCUT2D eigenvalue weighted by Crippen LogP contribution is 2.37. The summed E-state index contributed by atoms with van der Waals surface area (Å²) in [6, 6.07) is 5.98. The predicted molar refractivity (Wildman–Crippen MR) is 77.6 cm³/mol. The van der Waals surface area contributed by atoms with Crippen molar-refractivity contribution in [1.29, 1.82) is 0 Å². The zero-order valence-corrected chi connectivity index (χ0v) is 12.4. The van der Waals surface area contributed by atoms with E-state index >= 15 is 0 Å². The molecule has 2 rings (SSSR count). The van der Waals surface area contributed by atoms with Crippen molar-refractivity contribution in [3.05, 3.63) is 29.3 Å².